The molecule has 6 nitrogen and oxygen atoms in total. The van der Waals surface area contributed by atoms with Gasteiger partial charge in [0, 0.05) is 15.5 Å². The lowest BCUT2D eigenvalue weighted by atomic mass is 10.2. The molecule has 0 unspecified atom stereocenters. The maximum atomic E-state index is 12.1. The highest BCUT2D eigenvalue weighted by molar-refractivity contribution is 7.98. The highest BCUT2D eigenvalue weighted by atomic mass is 35.5. The predicted molar refractivity (Wildman–Crippen MR) is 106 cm³/mol. The molecule has 2 rings (SSSR count). The molecule has 8 heteroatoms. The van der Waals surface area contributed by atoms with Gasteiger partial charge in [-0.15, -0.1) is 11.8 Å². The molecule has 0 bridgehead atoms. The van der Waals surface area contributed by atoms with E-state index in [9.17, 15) is 14.4 Å². The van der Waals surface area contributed by atoms with Gasteiger partial charge in [-0.2, -0.15) is 0 Å². The zero-order valence-corrected chi connectivity index (χ0v) is 16.4. The largest absolute Gasteiger partial charge is 0.454 e. The highest BCUT2D eigenvalue weighted by Gasteiger charge is 2.19. The number of thioether (sulfide) groups is 1. The number of anilines is 1. The van der Waals surface area contributed by atoms with Crippen LogP contribution < -0.4 is 10.6 Å². The van der Waals surface area contributed by atoms with Gasteiger partial charge >= 0.3 is 5.97 Å². The second kappa shape index (κ2) is 9.99. The molecule has 27 heavy (non-hydrogen) atoms. The number of carbonyl (C=O) groups is 3. The first-order valence-electron chi connectivity index (χ1n) is 8.06. The van der Waals surface area contributed by atoms with Crippen molar-refractivity contribution >= 4 is 46.8 Å². The highest BCUT2D eigenvalue weighted by Crippen LogP contribution is 2.24. The van der Waals surface area contributed by atoms with E-state index in [2.05, 4.69) is 10.6 Å². The Hall–Kier alpha value is -2.51. The first-order chi connectivity index (χ1) is 12.9. The second-order valence-electron chi connectivity index (χ2n) is 5.56. The molecule has 142 valence electrons. The second-order valence-corrected chi connectivity index (χ2v) is 6.84. The Kier molecular flexibility index (Phi) is 7.69. The van der Waals surface area contributed by atoms with Crippen molar-refractivity contribution in [2.24, 2.45) is 0 Å². The fourth-order valence-electron chi connectivity index (χ4n) is 2.14. The van der Waals surface area contributed by atoms with Gasteiger partial charge in [-0.3, -0.25) is 9.59 Å². The molecule has 0 aromatic heterocycles. The van der Waals surface area contributed by atoms with Crippen LogP contribution in [0.15, 0.2) is 53.4 Å². The number of amides is 2. The van der Waals surface area contributed by atoms with Crippen molar-refractivity contribution in [3.8, 4) is 0 Å². The third-order valence-corrected chi connectivity index (χ3v) is 4.58. The van der Waals surface area contributed by atoms with Gasteiger partial charge in [0.1, 0.15) is 6.04 Å². The minimum atomic E-state index is -0.903. The minimum Gasteiger partial charge on any atom is -0.454 e. The van der Waals surface area contributed by atoms with Crippen molar-refractivity contribution in [3.05, 3.63) is 59.1 Å². The van der Waals surface area contributed by atoms with Gasteiger partial charge in [0.25, 0.3) is 11.8 Å². The summed E-state index contributed by atoms with van der Waals surface area (Å²) in [6, 6.07) is 12.7. The van der Waals surface area contributed by atoms with E-state index >= 15 is 0 Å². The van der Waals surface area contributed by atoms with Crippen LogP contribution in [-0.4, -0.2) is 36.7 Å². The van der Waals surface area contributed by atoms with Crippen LogP contribution in [0.25, 0.3) is 0 Å². The number of nitrogens with one attached hydrogen (secondary N) is 2. The lowest BCUT2D eigenvalue weighted by Gasteiger charge is -2.14. The molecule has 0 saturated heterocycles. The average molecular weight is 407 g/mol. The van der Waals surface area contributed by atoms with Gasteiger partial charge in [0.05, 0.1) is 5.69 Å². The summed E-state index contributed by atoms with van der Waals surface area (Å²) in [4.78, 5) is 37.0. The van der Waals surface area contributed by atoms with E-state index in [1.807, 2.05) is 18.4 Å². The van der Waals surface area contributed by atoms with Crippen LogP contribution in [0.1, 0.15) is 17.3 Å². The molecular weight excluding hydrogens is 388 g/mol. The summed E-state index contributed by atoms with van der Waals surface area (Å²) in [5.74, 6) is -1.60. The molecule has 0 fully saturated rings. The number of hydrogen-bond donors (Lipinski definition) is 2. The van der Waals surface area contributed by atoms with Crippen molar-refractivity contribution in [2.75, 3.05) is 18.2 Å². The number of para-hydroxylation sites is 1. The summed E-state index contributed by atoms with van der Waals surface area (Å²) in [5.41, 5.74) is 1.01. The van der Waals surface area contributed by atoms with E-state index in [1.54, 1.807) is 36.4 Å². The molecule has 0 heterocycles. The maximum Gasteiger partial charge on any atom is 0.328 e. The van der Waals surface area contributed by atoms with Crippen LogP contribution in [-0.2, 0) is 14.3 Å². The molecule has 0 radical (unpaired) electrons. The third kappa shape index (κ3) is 6.30. The quantitative estimate of drug-likeness (QED) is 0.544. The molecule has 2 N–H and O–H groups in total. The molecule has 1 atom stereocenters. The van der Waals surface area contributed by atoms with Crippen molar-refractivity contribution < 1.29 is 19.1 Å². The number of carbonyl (C=O) groups excluding carboxylic acids is 3. The van der Waals surface area contributed by atoms with Crippen molar-refractivity contribution in [3.63, 3.8) is 0 Å². The number of hydrogen-bond acceptors (Lipinski definition) is 5. The van der Waals surface area contributed by atoms with E-state index < -0.39 is 30.4 Å². The van der Waals surface area contributed by atoms with Crippen molar-refractivity contribution in [2.45, 2.75) is 17.9 Å². The van der Waals surface area contributed by atoms with Crippen LogP contribution in [0.3, 0.4) is 0 Å². The first-order valence-corrected chi connectivity index (χ1v) is 9.67. The molecular formula is C19H19ClN2O4S. The van der Waals surface area contributed by atoms with E-state index in [1.165, 1.54) is 18.7 Å². The number of ether oxygens (including phenoxy) is 1. The van der Waals surface area contributed by atoms with Gasteiger partial charge in [-0.05, 0) is 49.6 Å². The van der Waals surface area contributed by atoms with Crippen LogP contribution in [0.2, 0.25) is 5.02 Å². The zero-order valence-electron chi connectivity index (χ0n) is 14.8. The molecule has 2 aromatic rings. The normalized spacial score (nSPS) is 11.4. The summed E-state index contributed by atoms with van der Waals surface area (Å²) in [5, 5.41) is 5.71. The van der Waals surface area contributed by atoms with Crippen LogP contribution >= 0.6 is 23.4 Å². The Balaban J connectivity index is 1.82. The fourth-order valence-corrected chi connectivity index (χ4v) is 2.82. The minimum absolute atomic E-state index is 0.366. The van der Waals surface area contributed by atoms with E-state index in [0.29, 0.717) is 16.3 Å². The van der Waals surface area contributed by atoms with Gasteiger partial charge in [-0.1, -0.05) is 23.7 Å². The standard InChI is InChI=1S/C19H19ClN2O4S/c1-12(21-18(24)13-7-9-14(20)10-8-13)19(25)26-11-17(23)22-15-5-3-4-6-16(15)27-2/h3-10,12H,11H2,1-2H3,(H,21,24)(H,22,23)/t12-/m0/s1. The summed E-state index contributed by atoms with van der Waals surface area (Å²) < 4.78 is 4.97. The van der Waals surface area contributed by atoms with Gasteiger partial charge < -0.3 is 15.4 Å². The molecule has 2 amide bonds. The number of esters is 1. The smallest absolute Gasteiger partial charge is 0.328 e. The lowest BCUT2D eigenvalue weighted by molar-refractivity contribution is -0.148. The molecule has 0 aliphatic carbocycles. The summed E-state index contributed by atoms with van der Waals surface area (Å²) in [6.45, 7) is 1.04. The topological polar surface area (TPSA) is 84.5 Å². The van der Waals surface area contributed by atoms with Crippen LogP contribution in [0, 0.1) is 0 Å². The third-order valence-electron chi connectivity index (χ3n) is 3.53. The maximum absolute atomic E-state index is 12.1. The predicted octanol–water partition coefficient (Wildman–Crippen LogP) is 3.36. The molecule has 0 aliphatic heterocycles. The zero-order chi connectivity index (χ0) is 19.8. The summed E-state index contributed by atoms with van der Waals surface area (Å²) in [6.07, 6.45) is 1.90. The SMILES string of the molecule is CSc1ccccc1NC(=O)COC(=O)[C@H](C)NC(=O)c1ccc(Cl)cc1. The Morgan fingerprint density at radius 1 is 1.11 bits per heavy atom. The molecule has 2 aromatic carbocycles. The summed E-state index contributed by atoms with van der Waals surface area (Å²) >= 11 is 7.27. The monoisotopic (exact) mass is 406 g/mol. The van der Waals surface area contributed by atoms with E-state index in [4.69, 9.17) is 16.3 Å². The Morgan fingerprint density at radius 3 is 2.44 bits per heavy atom. The van der Waals surface area contributed by atoms with Crippen LogP contribution in [0.5, 0.6) is 0 Å². The molecule has 0 aliphatic rings. The Morgan fingerprint density at radius 2 is 1.78 bits per heavy atom. The Bertz CT molecular complexity index is 827. The van der Waals surface area contributed by atoms with Crippen molar-refractivity contribution in [1.82, 2.24) is 5.32 Å². The van der Waals surface area contributed by atoms with E-state index in [-0.39, 0.29) is 0 Å². The number of halogens is 1. The summed E-state index contributed by atoms with van der Waals surface area (Å²) in [7, 11) is 0. The molecule has 0 spiro atoms. The van der Waals surface area contributed by atoms with Crippen LogP contribution in [0.4, 0.5) is 5.69 Å². The van der Waals surface area contributed by atoms with Gasteiger partial charge in [-0.25, -0.2) is 4.79 Å². The number of benzene rings is 2. The Labute approximate surface area is 166 Å². The number of rotatable bonds is 7. The van der Waals surface area contributed by atoms with E-state index in [0.717, 1.165) is 4.90 Å². The fraction of sp³-hybridized carbons (Fsp3) is 0.211. The lowest BCUT2D eigenvalue weighted by Crippen LogP contribution is -2.40. The van der Waals surface area contributed by atoms with Gasteiger partial charge in [0.15, 0.2) is 6.61 Å². The molecule has 0 saturated carbocycles. The first kappa shape index (κ1) is 20.8. The van der Waals surface area contributed by atoms with Crippen molar-refractivity contribution in [1.29, 1.82) is 0 Å². The van der Waals surface area contributed by atoms with Gasteiger partial charge in [0.2, 0.25) is 0 Å². The average Bonchev–Trinajstić information content (AvgIpc) is 2.66.